The van der Waals surface area contributed by atoms with Crippen LogP contribution in [-0.2, 0) is 22.0 Å². The summed E-state index contributed by atoms with van der Waals surface area (Å²) < 4.78 is 54.1. The van der Waals surface area contributed by atoms with E-state index < -0.39 is 23.1 Å². The number of benzene rings is 1. The molecule has 1 aliphatic heterocycles. The molecule has 0 unspecified atom stereocenters. The summed E-state index contributed by atoms with van der Waals surface area (Å²) in [5, 5.41) is 8.00. The topological polar surface area (TPSA) is 138 Å². The van der Waals surface area contributed by atoms with Gasteiger partial charge in [-0.3, -0.25) is 10.3 Å². The van der Waals surface area contributed by atoms with E-state index in [1.165, 1.54) is 6.08 Å². The third-order valence-electron chi connectivity index (χ3n) is 5.46. The van der Waals surface area contributed by atoms with Crippen LogP contribution in [-0.4, -0.2) is 66.8 Å². The molecule has 12 heteroatoms. The molecule has 1 saturated heterocycles. The Kier molecular flexibility index (Phi) is 10.0. The van der Waals surface area contributed by atoms with E-state index in [1.807, 2.05) is 0 Å². The van der Waals surface area contributed by atoms with Crippen LogP contribution in [0.1, 0.15) is 30.2 Å². The first-order chi connectivity index (χ1) is 17.6. The average molecular weight is 520 g/mol. The van der Waals surface area contributed by atoms with Crippen molar-refractivity contribution in [1.82, 2.24) is 9.88 Å². The van der Waals surface area contributed by atoms with E-state index in [4.69, 9.17) is 26.4 Å². The molecular formula is C25H32F3N7O2. The number of aliphatic imine (C=N–C) groups is 2. The number of halogens is 3. The number of nitrogens with one attached hydrogen (secondary N) is 2. The van der Waals surface area contributed by atoms with Crippen LogP contribution in [0.15, 0.2) is 58.3 Å². The molecule has 0 saturated carbocycles. The van der Waals surface area contributed by atoms with E-state index >= 15 is 0 Å². The lowest BCUT2D eigenvalue weighted by atomic mass is 10.1. The van der Waals surface area contributed by atoms with Gasteiger partial charge in [-0.15, -0.1) is 0 Å². The second-order valence-electron chi connectivity index (χ2n) is 8.57. The Bertz CT molecular complexity index is 1130. The number of H-pyrrole nitrogens is 1. The summed E-state index contributed by atoms with van der Waals surface area (Å²) in [5.41, 5.74) is 12.1. The van der Waals surface area contributed by atoms with E-state index in [2.05, 4.69) is 19.9 Å². The number of nitrogens with two attached hydrogens (primary N) is 2. The van der Waals surface area contributed by atoms with Crippen LogP contribution in [0.25, 0.3) is 0 Å². The average Bonchev–Trinajstić information content (AvgIpc) is 3.33. The van der Waals surface area contributed by atoms with Crippen molar-refractivity contribution < 1.29 is 22.6 Å². The summed E-state index contributed by atoms with van der Waals surface area (Å²) in [6, 6.07) is 5.32. The van der Waals surface area contributed by atoms with Gasteiger partial charge in [-0.25, -0.2) is 14.4 Å². The first-order valence-corrected chi connectivity index (χ1v) is 11.8. The van der Waals surface area contributed by atoms with Crippen LogP contribution < -0.4 is 11.5 Å². The van der Waals surface area contributed by atoms with Gasteiger partial charge in [0.15, 0.2) is 11.7 Å². The molecule has 0 atom stereocenters. The number of ether oxygens (including phenoxy) is 2. The van der Waals surface area contributed by atoms with Crippen LogP contribution in [0.4, 0.5) is 13.2 Å². The summed E-state index contributed by atoms with van der Waals surface area (Å²) in [4.78, 5) is 13.1. The molecule has 3 rings (SSSR count). The monoisotopic (exact) mass is 519 g/mol. The van der Waals surface area contributed by atoms with Gasteiger partial charge in [0, 0.05) is 49.8 Å². The van der Waals surface area contributed by atoms with Crippen LogP contribution in [0.5, 0.6) is 0 Å². The van der Waals surface area contributed by atoms with Crippen molar-refractivity contribution in [1.29, 1.82) is 5.41 Å². The zero-order valence-electron chi connectivity index (χ0n) is 20.6. The maximum Gasteiger partial charge on any atom is 0.329 e. The molecule has 9 nitrogen and oxygen atoms in total. The van der Waals surface area contributed by atoms with E-state index in [1.54, 1.807) is 19.2 Å². The van der Waals surface area contributed by atoms with E-state index in [0.29, 0.717) is 12.3 Å². The SMILES string of the molecule is C/C(N)=C/C(=N)N=C(N=C(N)C(F)(F)c1ccc(F)cc1)c1cc(COCCCN2CCOCC2)c[nH]1. The predicted molar refractivity (Wildman–Crippen MR) is 136 cm³/mol. The van der Waals surface area contributed by atoms with Gasteiger partial charge in [-0.05, 0) is 49.2 Å². The molecule has 0 radical (unpaired) electrons. The minimum Gasteiger partial charge on any atom is -0.402 e. The first-order valence-electron chi connectivity index (χ1n) is 11.8. The Morgan fingerprint density at radius 2 is 1.92 bits per heavy atom. The minimum atomic E-state index is -3.70. The molecule has 2 heterocycles. The third kappa shape index (κ3) is 8.55. The Balaban J connectivity index is 1.72. The fourth-order valence-electron chi connectivity index (χ4n) is 3.56. The zero-order valence-corrected chi connectivity index (χ0v) is 20.6. The lowest BCUT2D eigenvalue weighted by molar-refractivity contribution is 0.0310. The molecule has 1 fully saturated rings. The van der Waals surface area contributed by atoms with Crippen molar-refractivity contribution in [3.05, 3.63) is 70.9 Å². The normalized spacial score (nSPS) is 16.3. The molecule has 1 aliphatic rings. The van der Waals surface area contributed by atoms with Gasteiger partial charge in [-0.1, -0.05) is 0 Å². The van der Waals surface area contributed by atoms with Crippen LogP contribution in [0, 0.1) is 11.2 Å². The largest absolute Gasteiger partial charge is 0.402 e. The van der Waals surface area contributed by atoms with Gasteiger partial charge in [-0.2, -0.15) is 8.78 Å². The Morgan fingerprint density at radius 1 is 1.22 bits per heavy atom. The van der Waals surface area contributed by atoms with Crippen molar-refractivity contribution in [3.8, 4) is 0 Å². The molecule has 0 spiro atoms. The number of hydrogen-bond donors (Lipinski definition) is 4. The molecule has 0 aliphatic carbocycles. The van der Waals surface area contributed by atoms with Gasteiger partial charge in [0.1, 0.15) is 11.7 Å². The van der Waals surface area contributed by atoms with E-state index in [9.17, 15) is 13.2 Å². The third-order valence-corrected chi connectivity index (χ3v) is 5.46. The highest BCUT2D eigenvalue weighted by molar-refractivity contribution is 6.12. The summed E-state index contributed by atoms with van der Waals surface area (Å²) >= 11 is 0. The molecule has 0 amide bonds. The van der Waals surface area contributed by atoms with Crippen molar-refractivity contribution in [2.45, 2.75) is 25.9 Å². The minimum absolute atomic E-state index is 0.236. The Morgan fingerprint density at radius 3 is 2.59 bits per heavy atom. The van der Waals surface area contributed by atoms with Crippen LogP contribution in [0.3, 0.4) is 0 Å². The van der Waals surface area contributed by atoms with Crippen molar-refractivity contribution >= 4 is 17.5 Å². The summed E-state index contributed by atoms with van der Waals surface area (Å²) in [6.45, 7) is 6.66. The second kappa shape index (κ2) is 13.2. The quantitative estimate of drug-likeness (QED) is 0.217. The number of aromatic amines is 1. The van der Waals surface area contributed by atoms with Crippen molar-refractivity contribution in [2.75, 3.05) is 39.5 Å². The number of aromatic nitrogens is 1. The number of rotatable bonds is 10. The lowest BCUT2D eigenvalue weighted by Gasteiger charge is -2.26. The number of amidine groups is 3. The van der Waals surface area contributed by atoms with E-state index in [0.717, 1.165) is 69.1 Å². The van der Waals surface area contributed by atoms with Gasteiger partial charge >= 0.3 is 5.92 Å². The molecule has 6 N–H and O–H groups in total. The smallest absolute Gasteiger partial charge is 0.329 e. The van der Waals surface area contributed by atoms with Gasteiger partial charge < -0.3 is 25.9 Å². The molecule has 0 bridgehead atoms. The van der Waals surface area contributed by atoms with Gasteiger partial charge in [0.25, 0.3) is 0 Å². The summed E-state index contributed by atoms with van der Waals surface area (Å²) in [7, 11) is 0. The highest BCUT2D eigenvalue weighted by Gasteiger charge is 2.37. The standard InChI is InChI=1S/C25H32F3N7O2/c1-17(29)13-22(30)33-23(34-24(31)25(27,28)19-3-5-20(26)6-4-19)21-14-18(15-32-21)16-37-10-2-7-35-8-11-36-12-9-35/h3-6,13-15,32H,2,7-12,16,29H2,1H3,(H3,30,31,33,34)/b17-13-. The van der Waals surface area contributed by atoms with Gasteiger partial charge in [0.05, 0.1) is 25.5 Å². The molecular weight excluding hydrogens is 487 g/mol. The van der Waals surface area contributed by atoms with Crippen LogP contribution >= 0.6 is 0 Å². The van der Waals surface area contributed by atoms with E-state index in [-0.39, 0.29) is 24.0 Å². The number of hydrogen-bond acceptors (Lipinski definition) is 5. The first kappa shape index (κ1) is 28.1. The molecule has 1 aromatic heterocycles. The maximum atomic E-state index is 14.9. The van der Waals surface area contributed by atoms with Crippen molar-refractivity contribution in [2.24, 2.45) is 21.5 Å². The maximum absolute atomic E-state index is 14.9. The summed E-state index contributed by atoms with van der Waals surface area (Å²) in [6.07, 6.45) is 3.76. The van der Waals surface area contributed by atoms with Crippen molar-refractivity contribution in [3.63, 3.8) is 0 Å². The fraction of sp³-hybridized carbons (Fsp3) is 0.400. The highest BCUT2D eigenvalue weighted by Crippen LogP contribution is 2.28. The predicted octanol–water partition coefficient (Wildman–Crippen LogP) is 3.13. The number of morpholine rings is 1. The fourth-order valence-corrected chi connectivity index (χ4v) is 3.56. The zero-order chi connectivity index (χ0) is 26.8. The molecule has 200 valence electrons. The Labute approximate surface area is 213 Å². The Hall–Kier alpha value is -3.48. The second-order valence-corrected chi connectivity index (χ2v) is 8.57. The molecule has 2 aromatic rings. The summed E-state index contributed by atoms with van der Waals surface area (Å²) in [5.74, 6) is -5.95. The number of allylic oxidation sites excluding steroid dienone is 1. The van der Waals surface area contributed by atoms with Crippen LogP contribution in [0.2, 0.25) is 0 Å². The molecule has 37 heavy (non-hydrogen) atoms. The number of alkyl halides is 2. The highest BCUT2D eigenvalue weighted by atomic mass is 19.3. The molecule has 1 aromatic carbocycles. The number of nitrogens with zero attached hydrogens (tertiary/aromatic N) is 3. The van der Waals surface area contributed by atoms with Gasteiger partial charge in [0.2, 0.25) is 0 Å². The lowest BCUT2D eigenvalue weighted by Crippen LogP contribution is -2.37.